The highest BCUT2D eigenvalue weighted by Crippen LogP contribution is 2.64. The van der Waals surface area contributed by atoms with Crippen molar-refractivity contribution in [2.45, 2.75) is 5.41 Å². The normalized spacial score (nSPS) is 12.9. The first kappa shape index (κ1) is 39.9. The molecular formula is C67H44N2O. The molecular weight excluding hydrogens is 849 g/mol. The summed E-state index contributed by atoms with van der Waals surface area (Å²) < 4.78 is 6.36. The molecule has 0 N–H and O–H groups in total. The standard InChI is InChI=1S/C67H44N2O/c1-3-20-45(21-4-1)46-22-19-23-47(42-46)51-26-8-14-33-61(51)69(62-34-15-9-27-52(62)48-38-41-66-56(43-48)55-29-10-18-37-65(55)70-66)50-39-40-54-53-28-7-11-30-57(53)67(60(54)44-50)58-31-12-16-35-63(58)68(49-24-5-2-6-25-49)64-36-17-13-32-59(64)67/h1-44H. The molecule has 0 saturated carbocycles. The Kier molecular flexibility index (Phi) is 9.11. The van der Waals surface area contributed by atoms with Crippen LogP contribution < -0.4 is 9.80 Å². The SMILES string of the molecule is c1ccc(-c2cccc(-c3ccccc3N(c3ccc4c(c3)C3(c5ccccc5-4)c4ccccc4N(c4ccccc4)c4ccccc43)c3ccccc3-c3ccc4oc5ccccc5c4c3)c2)cc1. The van der Waals surface area contributed by atoms with Crippen LogP contribution in [0.25, 0.3) is 66.4 Å². The number of benzene rings is 11. The van der Waals surface area contributed by atoms with Gasteiger partial charge in [0, 0.05) is 33.3 Å². The smallest absolute Gasteiger partial charge is 0.135 e. The number of anilines is 6. The Morgan fingerprint density at radius 3 is 1.57 bits per heavy atom. The van der Waals surface area contributed by atoms with Gasteiger partial charge in [0.2, 0.25) is 0 Å². The molecule has 2 aliphatic rings. The van der Waals surface area contributed by atoms with Crippen molar-refractivity contribution in [2.24, 2.45) is 0 Å². The third-order valence-corrected chi connectivity index (χ3v) is 14.7. The largest absolute Gasteiger partial charge is 0.456 e. The summed E-state index contributed by atoms with van der Waals surface area (Å²) in [6, 6.07) is 97.6. The van der Waals surface area contributed by atoms with Crippen LogP contribution in [0.1, 0.15) is 22.3 Å². The fourth-order valence-electron chi connectivity index (χ4n) is 11.7. The van der Waals surface area contributed by atoms with E-state index in [2.05, 4.69) is 271 Å². The van der Waals surface area contributed by atoms with E-state index in [1.807, 2.05) is 6.07 Å². The molecule has 3 heteroatoms. The maximum Gasteiger partial charge on any atom is 0.135 e. The second kappa shape index (κ2) is 16.0. The second-order valence-electron chi connectivity index (χ2n) is 18.4. The van der Waals surface area contributed by atoms with Gasteiger partial charge in [-0.25, -0.2) is 0 Å². The Hall–Kier alpha value is -9.18. The summed E-state index contributed by atoms with van der Waals surface area (Å²) in [4.78, 5) is 4.95. The van der Waals surface area contributed by atoms with Gasteiger partial charge in [0.05, 0.1) is 28.2 Å². The molecule has 0 saturated heterocycles. The maximum absolute atomic E-state index is 6.36. The van der Waals surface area contributed by atoms with E-state index in [1.54, 1.807) is 0 Å². The maximum atomic E-state index is 6.36. The van der Waals surface area contributed by atoms with Crippen molar-refractivity contribution >= 4 is 56.1 Å². The Morgan fingerprint density at radius 1 is 0.314 bits per heavy atom. The van der Waals surface area contributed by atoms with Gasteiger partial charge in [-0.3, -0.25) is 0 Å². The highest BCUT2D eigenvalue weighted by Gasteiger charge is 2.52. The van der Waals surface area contributed by atoms with Gasteiger partial charge >= 0.3 is 0 Å². The van der Waals surface area contributed by atoms with Crippen molar-refractivity contribution in [3.63, 3.8) is 0 Å². The van der Waals surface area contributed by atoms with Crippen molar-refractivity contribution in [1.29, 1.82) is 0 Å². The number of furan rings is 1. The van der Waals surface area contributed by atoms with E-state index in [0.29, 0.717) is 0 Å². The topological polar surface area (TPSA) is 19.6 Å². The van der Waals surface area contributed by atoms with Crippen LogP contribution in [0.2, 0.25) is 0 Å². The number of hydrogen-bond donors (Lipinski definition) is 0. The molecule has 14 rings (SSSR count). The lowest BCUT2D eigenvalue weighted by atomic mass is 9.64. The highest BCUT2D eigenvalue weighted by molar-refractivity contribution is 6.07. The van der Waals surface area contributed by atoms with Crippen molar-refractivity contribution < 1.29 is 4.42 Å². The Bertz CT molecular complexity index is 3930. The molecule has 0 fully saturated rings. The predicted octanol–water partition coefficient (Wildman–Crippen LogP) is 18.2. The molecule has 2 heterocycles. The van der Waals surface area contributed by atoms with E-state index in [4.69, 9.17) is 4.42 Å². The zero-order valence-electron chi connectivity index (χ0n) is 38.2. The molecule has 1 spiro atoms. The van der Waals surface area contributed by atoms with Crippen LogP contribution in [-0.4, -0.2) is 0 Å². The van der Waals surface area contributed by atoms with Crippen molar-refractivity contribution in [2.75, 3.05) is 9.80 Å². The monoisotopic (exact) mass is 892 g/mol. The summed E-state index contributed by atoms with van der Waals surface area (Å²) in [6.07, 6.45) is 0. The lowest BCUT2D eigenvalue weighted by Gasteiger charge is -2.45. The fourth-order valence-corrected chi connectivity index (χ4v) is 11.7. The van der Waals surface area contributed by atoms with Crippen LogP contribution in [0.5, 0.6) is 0 Å². The fraction of sp³-hybridized carbons (Fsp3) is 0.0149. The minimum atomic E-state index is -0.623. The molecule has 1 aromatic heterocycles. The Balaban J connectivity index is 1.04. The quantitative estimate of drug-likeness (QED) is 0.159. The molecule has 0 unspecified atom stereocenters. The zero-order chi connectivity index (χ0) is 46.2. The highest BCUT2D eigenvalue weighted by atomic mass is 16.3. The van der Waals surface area contributed by atoms with Gasteiger partial charge in [-0.1, -0.05) is 194 Å². The first-order chi connectivity index (χ1) is 34.7. The third kappa shape index (κ3) is 6.01. The number of rotatable bonds is 7. The van der Waals surface area contributed by atoms with Gasteiger partial charge in [0.15, 0.2) is 0 Å². The van der Waals surface area contributed by atoms with E-state index < -0.39 is 5.41 Å². The number of nitrogens with zero attached hydrogens (tertiary/aromatic N) is 2. The molecule has 3 nitrogen and oxygen atoms in total. The first-order valence-electron chi connectivity index (χ1n) is 24.1. The minimum Gasteiger partial charge on any atom is -0.456 e. The molecule has 70 heavy (non-hydrogen) atoms. The lowest BCUT2D eigenvalue weighted by molar-refractivity contribution is 0.669. The average molecular weight is 893 g/mol. The molecule has 12 aromatic rings. The van der Waals surface area contributed by atoms with Gasteiger partial charge < -0.3 is 14.2 Å². The van der Waals surface area contributed by atoms with E-state index in [1.165, 1.54) is 55.9 Å². The van der Waals surface area contributed by atoms with Gasteiger partial charge in [-0.05, 0) is 128 Å². The second-order valence-corrected chi connectivity index (χ2v) is 18.4. The van der Waals surface area contributed by atoms with E-state index in [-0.39, 0.29) is 0 Å². The molecule has 0 atom stereocenters. The van der Waals surface area contributed by atoms with E-state index >= 15 is 0 Å². The molecule has 1 aliphatic heterocycles. The molecule has 0 amide bonds. The van der Waals surface area contributed by atoms with E-state index in [9.17, 15) is 0 Å². The zero-order valence-corrected chi connectivity index (χ0v) is 38.2. The molecule has 0 bridgehead atoms. The van der Waals surface area contributed by atoms with Crippen molar-refractivity contribution in [3.8, 4) is 44.5 Å². The van der Waals surface area contributed by atoms with Gasteiger partial charge in [-0.15, -0.1) is 0 Å². The van der Waals surface area contributed by atoms with Crippen LogP contribution >= 0.6 is 0 Å². The number of hydrogen-bond acceptors (Lipinski definition) is 3. The van der Waals surface area contributed by atoms with Crippen LogP contribution in [0.15, 0.2) is 271 Å². The van der Waals surface area contributed by atoms with E-state index in [0.717, 1.165) is 66.9 Å². The summed E-state index contributed by atoms with van der Waals surface area (Å²) in [5.74, 6) is 0. The Labute approximate surface area is 407 Å². The van der Waals surface area contributed by atoms with Crippen molar-refractivity contribution in [3.05, 3.63) is 289 Å². The molecule has 11 aromatic carbocycles. The number of para-hydroxylation sites is 6. The predicted molar refractivity (Wildman–Crippen MR) is 290 cm³/mol. The summed E-state index contributed by atoms with van der Waals surface area (Å²) in [6.45, 7) is 0. The number of fused-ring (bicyclic) bond motifs is 12. The molecule has 328 valence electrons. The summed E-state index contributed by atoms with van der Waals surface area (Å²) in [7, 11) is 0. The molecule has 1 aliphatic carbocycles. The summed E-state index contributed by atoms with van der Waals surface area (Å²) >= 11 is 0. The van der Waals surface area contributed by atoms with Crippen LogP contribution in [0, 0.1) is 0 Å². The van der Waals surface area contributed by atoms with Gasteiger partial charge in [-0.2, -0.15) is 0 Å². The lowest BCUT2D eigenvalue weighted by Crippen LogP contribution is -2.36. The van der Waals surface area contributed by atoms with Gasteiger partial charge in [0.1, 0.15) is 11.2 Å². The third-order valence-electron chi connectivity index (χ3n) is 14.7. The Morgan fingerprint density at radius 2 is 0.843 bits per heavy atom. The van der Waals surface area contributed by atoms with Crippen LogP contribution in [0.4, 0.5) is 34.1 Å². The molecule has 0 radical (unpaired) electrons. The average Bonchev–Trinajstić information content (AvgIpc) is 3.95. The summed E-state index contributed by atoms with van der Waals surface area (Å²) in [5, 5.41) is 2.21. The minimum absolute atomic E-state index is 0.623. The van der Waals surface area contributed by atoms with Crippen molar-refractivity contribution in [1.82, 2.24) is 0 Å². The van der Waals surface area contributed by atoms with Crippen LogP contribution in [0.3, 0.4) is 0 Å². The summed E-state index contributed by atoms with van der Waals surface area (Å²) in [5.41, 5.74) is 22.3. The first-order valence-corrected chi connectivity index (χ1v) is 24.1. The van der Waals surface area contributed by atoms with Gasteiger partial charge in [0.25, 0.3) is 0 Å². The van der Waals surface area contributed by atoms with Crippen LogP contribution in [-0.2, 0) is 5.41 Å².